The molecule has 0 spiro atoms. The fraction of sp³-hybridized carbons (Fsp3) is 0.529. The van der Waals surface area contributed by atoms with Crippen molar-refractivity contribution in [2.75, 3.05) is 38.0 Å². The molecule has 156 valence electrons. The van der Waals surface area contributed by atoms with E-state index in [1.165, 1.54) is 6.20 Å². The maximum absolute atomic E-state index is 12.4. The molecule has 12 heteroatoms. The molecule has 0 bridgehead atoms. The lowest BCUT2D eigenvalue weighted by Gasteiger charge is -2.34. The van der Waals surface area contributed by atoms with E-state index >= 15 is 0 Å². The highest BCUT2D eigenvalue weighted by atomic mass is 16.6. The Labute approximate surface area is 166 Å². The third kappa shape index (κ3) is 5.38. The average molecular weight is 405 g/mol. The van der Waals surface area contributed by atoms with Crippen molar-refractivity contribution in [3.8, 4) is 0 Å². The summed E-state index contributed by atoms with van der Waals surface area (Å²) >= 11 is 0. The van der Waals surface area contributed by atoms with Crippen molar-refractivity contribution in [3.05, 3.63) is 34.0 Å². The molecule has 2 aromatic rings. The molecule has 12 nitrogen and oxygen atoms in total. The number of amides is 2. The van der Waals surface area contributed by atoms with Crippen molar-refractivity contribution in [3.63, 3.8) is 0 Å². The van der Waals surface area contributed by atoms with E-state index in [-0.39, 0.29) is 30.6 Å². The Kier molecular flexibility index (Phi) is 6.22. The highest BCUT2D eigenvalue weighted by Gasteiger charge is 2.23. The topological polar surface area (TPSA) is 140 Å². The van der Waals surface area contributed by atoms with Crippen molar-refractivity contribution in [1.82, 2.24) is 24.5 Å². The number of imidazole rings is 1. The van der Waals surface area contributed by atoms with Gasteiger partial charge in [0.2, 0.25) is 17.6 Å². The predicted octanol–water partition coefficient (Wildman–Crippen LogP) is 0.569. The molecule has 1 saturated heterocycles. The maximum Gasteiger partial charge on any atom is 0.381 e. The van der Waals surface area contributed by atoms with Gasteiger partial charge in [0.15, 0.2) is 5.82 Å². The Balaban J connectivity index is 1.41. The van der Waals surface area contributed by atoms with Crippen molar-refractivity contribution in [1.29, 1.82) is 0 Å². The minimum absolute atomic E-state index is 0.0251. The first-order valence-electron chi connectivity index (χ1n) is 9.23. The molecule has 0 aliphatic carbocycles. The minimum atomic E-state index is -0.551. The summed E-state index contributed by atoms with van der Waals surface area (Å²) < 4.78 is 6.52. The lowest BCUT2D eigenvalue weighted by Crippen LogP contribution is -2.50. The third-order valence-corrected chi connectivity index (χ3v) is 4.70. The zero-order valence-corrected chi connectivity index (χ0v) is 16.3. The van der Waals surface area contributed by atoms with E-state index in [0.29, 0.717) is 50.1 Å². The van der Waals surface area contributed by atoms with Crippen LogP contribution in [0.15, 0.2) is 16.8 Å². The molecule has 0 aromatic carbocycles. The highest BCUT2D eigenvalue weighted by molar-refractivity contribution is 5.91. The number of nitrogens with one attached hydrogen (secondary N) is 1. The minimum Gasteiger partial charge on any atom is -0.360 e. The quantitative estimate of drug-likeness (QED) is 0.521. The Bertz CT molecular complexity index is 898. The fourth-order valence-corrected chi connectivity index (χ4v) is 3.15. The summed E-state index contributed by atoms with van der Waals surface area (Å²) in [5, 5.41) is 17.2. The monoisotopic (exact) mass is 405 g/mol. The summed E-state index contributed by atoms with van der Waals surface area (Å²) in [6, 6.07) is 1.64. The van der Waals surface area contributed by atoms with E-state index in [1.807, 2.05) is 4.90 Å². The first kappa shape index (κ1) is 20.5. The van der Waals surface area contributed by atoms with Crippen molar-refractivity contribution in [2.24, 2.45) is 0 Å². The van der Waals surface area contributed by atoms with Gasteiger partial charge < -0.3 is 29.4 Å². The molecule has 2 aromatic heterocycles. The SMILES string of the molecule is Cc1cc(NC(=O)CN2CCN(C(=O)CCn3cc([N+](=O)[O-])nc3C)CC2)no1. The fourth-order valence-electron chi connectivity index (χ4n) is 3.15. The van der Waals surface area contributed by atoms with Crippen LogP contribution in [0.4, 0.5) is 11.6 Å². The zero-order valence-electron chi connectivity index (χ0n) is 16.3. The van der Waals surface area contributed by atoms with Gasteiger partial charge in [0, 0.05) is 52.1 Å². The number of carbonyl (C=O) groups is 2. The number of nitrogens with zero attached hydrogens (tertiary/aromatic N) is 6. The summed E-state index contributed by atoms with van der Waals surface area (Å²) in [6.07, 6.45) is 1.58. The van der Waals surface area contributed by atoms with Gasteiger partial charge >= 0.3 is 5.82 Å². The number of hydrogen-bond donors (Lipinski definition) is 1. The Morgan fingerprint density at radius 3 is 2.59 bits per heavy atom. The average Bonchev–Trinajstić information content (AvgIpc) is 3.25. The molecular formula is C17H23N7O5. The Hall–Kier alpha value is -3.28. The molecule has 0 saturated carbocycles. The van der Waals surface area contributed by atoms with Gasteiger partial charge in [0.1, 0.15) is 12.0 Å². The Morgan fingerprint density at radius 2 is 2.00 bits per heavy atom. The number of nitro groups is 1. The van der Waals surface area contributed by atoms with Crippen LogP contribution in [0.5, 0.6) is 0 Å². The van der Waals surface area contributed by atoms with E-state index in [4.69, 9.17) is 4.52 Å². The molecular weight excluding hydrogens is 382 g/mol. The van der Waals surface area contributed by atoms with E-state index in [0.717, 1.165) is 0 Å². The summed E-state index contributed by atoms with van der Waals surface area (Å²) in [4.78, 5) is 42.3. The first-order valence-corrected chi connectivity index (χ1v) is 9.23. The largest absolute Gasteiger partial charge is 0.381 e. The van der Waals surface area contributed by atoms with Crippen LogP contribution in [0.2, 0.25) is 0 Å². The zero-order chi connectivity index (χ0) is 21.0. The lowest BCUT2D eigenvalue weighted by molar-refractivity contribution is -0.389. The standard InChI is InChI=1S/C17H23N7O5/c1-12-9-14(20-29-12)19-16(25)11-21-5-7-22(8-6-21)17(26)3-4-23-10-15(24(27)28)18-13(23)2/h9-10H,3-8,11H2,1-2H3,(H,19,20,25). The highest BCUT2D eigenvalue weighted by Crippen LogP contribution is 2.12. The van der Waals surface area contributed by atoms with E-state index < -0.39 is 4.92 Å². The van der Waals surface area contributed by atoms with Crippen molar-refractivity contribution in [2.45, 2.75) is 26.8 Å². The second-order valence-electron chi connectivity index (χ2n) is 6.87. The molecule has 1 fully saturated rings. The molecule has 0 unspecified atom stereocenters. The molecule has 0 atom stereocenters. The third-order valence-electron chi connectivity index (χ3n) is 4.70. The van der Waals surface area contributed by atoms with Crippen molar-refractivity contribution >= 4 is 23.5 Å². The van der Waals surface area contributed by atoms with Crippen LogP contribution < -0.4 is 5.32 Å². The molecule has 2 amide bonds. The normalized spacial score (nSPS) is 14.8. The van der Waals surface area contributed by atoms with Gasteiger partial charge in [-0.2, -0.15) is 0 Å². The summed E-state index contributed by atoms with van der Waals surface area (Å²) in [6.45, 7) is 6.20. The van der Waals surface area contributed by atoms with Gasteiger partial charge in [0.25, 0.3) is 0 Å². The second-order valence-corrected chi connectivity index (χ2v) is 6.87. The van der Waals surface area contributed by atoms with Crippen LogP contribution in [-0.2, 0) is 16.1 Å². The van der Waals surface area contributed by atoms with Crippen LogP contribution in [0, 0.1) is 24.0 Å². The number of carbonyl (C=O) groups excluding carboxylic acids is 2. The number of rotatable bonds is 7. The van der Waals surface area contributed by atoms with Gasteiger partial charge in [-0.3, -0.25) is 14.5 Å². The Morgan fingerprint density at radius 1 is 1.28 bits per heavy atom. The van der Waals surface area contributed by atoms with Crippen LogP contribution >= 0.6 is 0 Å². The summed E-state index contributed by atoms with van der Waals surface area (Å²) in [5.41, 5.74) is 0. The van der Waals surface area contributed by atoms with Crippen LogP contribution in [0.3, 0.4) is 0 Å². The predicted molar refractivity (Wildman–Crippen MR) is 101 cm³/mol. The molecule has 3 rings (SSSR count). The summed E-state index contributed by atoms with van der Waals surface area (Å²) in [5.74, 6) is 1.08. The van der Waals surface area contributed by atoms with E-state index in [2.05, 4.69) is 15.5 Å². The molecule has 1 aliphatic rings. The smallest absolute Gasteiger partial charge is 0.360 e. The maximum atomic E-state index is 12.4. The summed E-state index contributed by atoms with van der Waals surface area (Å²) in [7, 11) is 0. The van der Waals surface area contributed by atoms with Gasteiger partial charge in [-0.25, -0.2) is 0 Å². The molecule has 29 heavy (non-hydrogen) atoms. The molecule has 0 radical (unpaired) electrons. The number of aryl methyl sites for hydroxylation is 3. The van der Waals surface area contributed by atoms with E-state index in [9.17, 15) is 19.7 Å². The number of aromatic nitrogens is 3. The van der Waals surface area contributed by atoms with Gasteiger partial charge in [-0.15, -0.1) is 0 Å². The molecule has 3 heterocycles. The van der Waals surface area contributed by atoms with Crippen molar-refractivity contribution < 1.29 is 19.0 Å². The van der Waals surface area contributed by atoms with Crippen LogP contribution in [0.25, 0.3) is 0 Å². The number of hydrogen-bond acceptors (Lipinski definition) is 8. The molecule has 1 aliphatic heterocycles. The van der Waals surface area contributed by atoms with Gasteiger partial charge in [-0.05, 0) is 16.8 Å². The number of piperazine rings is 1. The molecule has 1 N–H and O–H groups in total. The van der Waals surface area contributed by atoms with E-state index in [1.54, 1.807) is 29.4 Å². The lowest BCUT2D eigenvalue weighted by atomic mass is 10.2. The van der Waals surface area contributed by atoms with Crippen LogP contribution in [-0.4, -0.2) is 74.0 Å². The first-order chi connectivity index (χ1) is 13.8. The van der Waals surface area contributed by atoms with Gasteiger partial charge in [0.05, 0.1) is 6.54 Å². The number of anilines is 1. The van der Waals surface area contributed by atoms with Gasteiger partial charge in [-0.1, -0.05) is 5.16 Å². The van der Waals surface area contributed by atoms with Crippen LogP contribution in [0.1, 0.15) is 18.0 Å². The second kappa shape index (κ2) is 8.82.